The summed E-state index contributed by atoms with van der Waals surface area (Å²) in [4.78, 5) is 17.5. The SMILES string of the molecule is COc1c(Cl)ncnc1Oc1c(F)cccc1[N+](=O)[O-]. The molecule has 0 fully saturated rings. The Kier molecular flexibility index (Phi) is 3.94. The highest BCUT2D eigenvalue weighted by molar-refractivity contribution is 6.31. The zero-order valence-electron chi connectivity index (χ0n) is 10.0. The molecule has 9 heteroatoms. The number of aromatic nitrogens is 2. The van der Waals surface area contributed by atoms with Crippen LogP contribution in [-0.4, -0.2) is 22.0 Å². The van der Waals surface area contributed by atoms with Crippen LogP contribution in [0.1, 0.15) is 0 Å². The smallest absolute Gasteiger partial charge is 0.314 e. The van der Waals surface area contributed by atoms with Gasteiger partial charge in [0.15, 0.2) is 11.0 Å². The highest BCUT2D eigenvalue weighted by atomic mass is 35.5. The van der Waals surface area contributed by atoms with Crippen molar-refractivity contribution in [1.82, 2.24) is 9.97 Å². The zero-order valence-corrected chi connectivity index (χ0v) is 10.8. The molecule has 0 aliphatic carbocycles. The lowest BCUT2D eigenvalue weighted by atomic mass is 10.3. The van der Waals surface area contributed by atoms with Gasteiger partial charge >= 0.3 is 5.69 Å². The molecule has 0 aliphatic rings. The fraction of sp³-hybridized carbons (Fsp3) is 0.0909. The molecule has 2 aromatic rings. The van der Waals surface area contributed by atoms with Crippen LogP contribution in [0.25, 0.3) is 0 Å². The second-order valence-corrected chi connectivity index (χ2v) is 3.81. The summed E-state index contributed by atoms with van der Waals surface area (Å²) in [6, 6.07) is 3.33. The molecule has 0 unspecified atom stereocenters. The van der Waals surface area contributed by atoms with E-state index in [1.807, 2.05) is 0 Å². The minimum atomic E-state index is -0.906. The fourth-order valence-corrected chi connectivity index (χ4v) is 1.62. The Morgan fingerprint density at radius 3 is 2.75 bits per heavy atom. The third kappa shape index (κ3) is 2.59. The largest absolute Gasteiger partial charge is 0.489 e. The fourth-order valence-electron chi connectivity index (χ4n) is 1.42. The number of nitrogens with zero attached hydrogens (tertiary/aromatic N) is 3. The zero-order chi connectivity index (χ0) is 14.7. The Hall–Kier alpha value is -2.48. The number of hydrogen-bond acceptors (Lipinski definition) is 6. The molecular weight excluding hydrogens is 293 g/mol. The monoisotopic (exact) mass is 299 g/mol. The first-order valence-electron chi connectivity index (χ1n) is 5.19. The highest BCUT2D eigenvalue weighted by Gasteiger charge is 2.23. The van der Waals surface area contributed by atoms with Gasteiger partial charge in [0.05, 0.1) is 12.0 Å². The molecule has 0 N–H and O–H groups in total. The molecule has 104 valence electrons. The molecule has 0 spiro atoms. The van der Waals surface area contributed by atoms with Crippen molar-refractivity contribution in [2.24, 2.45) is 0 Å². The molecule has 2 rings (SSSR count). The number of methoxy groups -OCH3 is 1. The lowest BCUT2D eigenvalue weighted by molar-refractivity contribution is -0.385. The first kappa shape index (κ1) is 13.9. The normalized spacial score (nSPS) is 10.2. The molecule has 0 radical (unpaired) electrons. The van der Waals surface area contributed by atoms with Gasteiger partial charge in [0.2, 0.25) is 11.5 Å². The van der Waals surface area contributed by atoms with Crippen molar-refractivity contribution in [3.63, 3.8) is 0 Å². The lowest BCUT2D eigenvalue weighted by Gasteiger charge is -2.10. The second kappa shape index (κ2) is 5.66. The number of halogens is 2. The van der Waals surface area contributed by atoms with E-state index < -0.39 is 22.2 Å². The van der Waals surface area contributed by atoms with E-state index in [9.17, 15) is 14.5 Å². The van der Waals surface area contributed by atoms with E-state index in [2.05, 4.69) is 9.97 Å². The van der Waals surface area contributed by atoms with Crippen LogP contribution in [0.3, 0.4) is 0 Å². The maximum Gasteiger partial charge on any atom is 0.314 e. The van der Waals surface area contributed by atoms with Gasteiger partial charge in [-0.2, -0.15) is 4.98 Å². The van der Waals surface area contributed by atoms with E-state index >= 15 is 0 Å². The third-order valence-corrected chi connectivity index (χ3v) is 2.54. The van der Waals surface area contributed by atoms with Gasteiger partial charge in [-0.3, -0.25) is 10.1 Å². The lowest BCUT2D eigenvalue weighted by Crippen LogP contribution is -2.00. The Morgan fingerprint density at radius 1 is 1.35 bits per heavy atom. The van der Waals surface area contributed by atoms with Gasteiger partial charge in [0, 0.05) is 6.07 Å². The molecule has 0 saturated carbocycles. The Balaban J connectivity index is 2.50. The quantitative estimate of drug-likeness (QED) is 0.490. The number of hydrogen-bond donors (Lipinski definition) is 0. The summed E-state index contributed by atoms with van der Waals surface area (Å²) in [5, 5.41) is 10.8. The molecule has 1 aromatic carbocycles. The summed E-state index contributed by atoms with van der Waals surface area (Å²) in [7, 11) is 1.28. The van der Waals surface area contributed by atoms with Crippen molar-refractivity contribution in [3.8, 4) is 17.4 Å². The summed E-state index contributed by atoms with van der Waals surface area (Å²) < 4.78 is 23.7. The first-order chi connectivity index (χ1) is 9.54. The van der Waals surface area contributed by atoms with Crippen LogP contribution in [-0.2, 0) is 0 Å². The second-order valence-electron chi connectivity index (χ2n) is 3.45. The Morgan fingerprint density at radius 2 is 2.10 bits per heavy atom. The number of para-hydroxylation sites is 1. The van der Waals surface area contributed by atoms with Crippen molar-refractivity contribution in [2.75, 3.05) is 7.11 Å². The van der Waals surface area contributed by atoms with E-state index in [0.717, 1.165) is 18.5 Å². The first-order valence-corrected chi connectivity index (χ1v) is 5.57. The minimum absolute atomic E-state index is 0.0493. The molecular formula is C11H7ClFN3O4. The minimum Gasteiger partial charge on any atom is -0.489 e. The van der Waals surface area contributed by atoms with E-state index in [1.165, 1.54) is 13.2 Å². The van der Waals surface area contributed by atoms with Crippen LogP contribution in [0.2, 0.25) is 5.15 Å². The topological polar surface area (TPSA) is 87.4 Å². The standard InChI is InChI=1S/C11H7ClFN3O4/c1-19-9-10(12)14-5-15-11(9)20-8-6(13)3-2-4-7(8)16(17)18/h2-5H,1H3. The Bertz CT molecular complexity index is 668. The number of rotatable bonds is 4. The number of ether oxygens (including phenoxy) is 2. The Labute approximate surface area is 117 Å². The maximum absolute atomic E-state index is 13.7. The van der Waals surface area contributed by atoms with E-state index in [-0.39, 0.29) is 16.8 Å². The van der Waals surface area contributed by atoms with Gasteiger partial charge in [-0.1, -0.05) is 17.7 Å². The number of nitro groups is 1. The number of nitro benzene ring substituents is 1. The van der Waals surface area contributed by atoms with Gasteiger partial charge in [-0.05, 0) is 6.07 Å². The van der Waals surface area contributed by atoms with Crippen LogP contribution in [0.15, 0.2) is 24.5 Å². The predicted octanol–water partition coefficient (Wildman–Crippen LogP) is 2.98. The van der Waals surface area contributed by atoms with Crippen molar-refractivity contribution in [3.05, 3.63) is 45.6 Å². The van der Waals surface area contributed by atoms with Crippen molar-refractivity contribution < 1.29 is 18.8 Å². The van der Waals surface area contributed by atoms with Gasteiger partial charge in [-0.25, -0.2) is 9.37 Å². The van der Waals surface area contributed by atoms with Crippen LogP contribution < -0.4 is 9.47 Å². The molecule has 1 heterocycles. The molecule has 0 saturated heterocycles. The van der Waals surface area contributed by atoms with E-state index in [4.69, 9.17) is 21.1 Å². The summed E-state index contributed by atoms with van der Waals surface area (Å²) in [6.07, 6.45) is 1.06. The van der Waals surface area contributed by atoms with Crippen molar-refractivity contribution in [1.29, 1.82) is 0 Å². The maximum atomic E-state index is 13.7. The van der Waals surface area contributed by atoms with Gasteiger partial charge in [0.25, 0.3) is 5.88 Å². The molecule has 7 nitrogen and oxygen atoms in total. The molecule has 20 heavy (non-hydrogen) atoms. The molecule has 0 amide bonds. The van der Waals surface area contributed by atoms with E-state index in [1.54, 1.807) is 0 Å². The van der Waals surface area contributed by atoms with Gasteiger partial charge < -0.3 is 9.47 Å². The van der Waals surface area contributed by atoms with Gasteiger partial charge in [-0.15, -0.1) is 0 Å². The summed E-state index contributed by atoms with van der Waals surface area (Å²) in [5.74, 6) is -1.76. The third-order valence-electron chi connectivity index (χ3n) is 2.27. The van der Waals surface area contributed by atoms with Crippen LogP contribution in [0.4, 0.5) is 10.1 Å². The number of benzene rings is 1. The summed E-state index contributed by atoms with van der Waals surface area (Å²) >= 11 is 5.75. The van der Waals surface area contributed by atoms with Crippen LogP contribution in [0.5, 0.6) is 17.4 Å². The summed E-state index contributed by atoms with van der Waals surface area (Å²) in [5.41, 5.74) is -0.540. The molecule has 0 atom stereocenters. The average Bonchev–Trinajstić information content (AvgIpc) is 2.41. The average molecular weight is 300 g/mol. The van der Waals surface area contributed by atoms with Gasteiger partial charge in [0.1, 0.15) is 6.33 Å². The predicted molar refractivity (Wildman–Crippen MR) is 66.7 cm³/mol. The highest BCUT2D eigenvalue weighted by Crippen LogP contribution is 2.38. The van der Waals surface area contributed by atoms with Crippen molar-refractivity contribution >= 4 is 17.3 Å². The van der Waals surface area contributed by atoms with Crippen molar-refractivity contribution in [2.45, 2.75) is 0 Å². The molecule has 1 aromatic heterocycles. The van der Waals surface area contributed by atoms with Crippen LogP contribution >= 0.6 is 11.6 Å². The molecule has 0 aliphatic heterocycles. The van der Waals surface area contributed by atoms with E-state index in [0.29, 0.717) is 0 Å². The summed E-state index contributed by atoms with van der Waals surface area (Å²) in [6.45, 7) is 0. The molecule has 0 bridgehead atoms. The van der Waals surface area contributed by atoms with Crippen LogP contribution in [0, 0.1) is 15.9 Å².